The van der Waals surface area contributed by atoms with E-state index in [1.807, 2.05) is 0 Å². The van der Waals surface area contributed by atoms with Crippen molar-refractivity contribution in [1.82, 2.24) is 0 Å². The molecular formula is C25H36. The third-order valence-corrected chi connectivity index (χ3v) is 8.29. The molecule has 4 rings (SSSR count). The molecule has 0 heteroatoms. The van der Waals surface area contributed by atoms with Gasteiger partial charge in [0.05, 0.1) is 0 Å². The Morgan fingerprint density at radius 2 is 1.04 bits per heavy atom. The summed E-state index contributed by atoms with van der Waals surface area (Å²) in [4.78, 5) is 0. The molecular weight excluding hydrogens is 300 g/mol. The monoisotopic (exact) mass is 336 g/mol. The molecule has 0 aromatic heterocycles. The van der Waals surface area contributed by atoms with Gasteiger partial charge in [0.2, 0.25) is 0 Å². The zero-order valence-electron chi connectivity index (χ0n) is 16.8. The lowest BCUT2D eigenvalue weighted by Gasteiger charge is -2.44. The molecule has 6 unspecified atom stereocenters. The van der Waals surface area contributed by atoms with Gasteiger partial charge in [0.15, 0.2) is 0 Å². The summed E-state index contributed by atoms with van der Waals surface area (Å²) in [6.45, 7) is 12.5. The van der Waals surface area contributed by atoms with Crippen LogP contribution in [0.25, 0.3) is 0 Å². The molecule has 0 heterocycles. The van der Waals surface area contributed by atoms with Gasteiger partial charge < -0.3 is 0 Å². The summed E-state index contributed by atoms with van der Waals surface area (Å²) < 4.78 is 0. The van der Waals surface area contributed by atoms with Crippen molar-refractivity contribution < 1.29 is 0 Å². The third-order valence-electron chi connectivity index (χ3n) is 8.29. The molecule has 6 atom stereocenters. The summed E-state index contributed by atoms with van der Waals surface area (Å²) in [7, 11) is 0. The van der Waals surface area contributed by atoms with Crippen LogP contribution in [0, 0.1) is 52.3 Å². The van der Waals surface area contributed by atoms with Gasteiger partial charge in [-0.05, 0) is 71.5 Å². The normalized spacial score (nSPS) is 42.7. The van der Waals surface area contributed by atoms with Crippen molar-refractivity contribution >= 4 is 0 Å². The third kappa shape index (κ3) is 2.81. The SMILES string of the molecule is CC(C)(C)C1CCC(C(C)(C)C2C3C=CC=CC3C3C=CC=CC32)C1. The second-order valence-corrected chi connectivity index (χ2v) is 10.8. The van der Waals surface area contributed by atoms with Crippen molar-refractivity contribution in [2.75, 3.05) is 0 Å². The highest BCUT2D eigenvalue weighted by Crippen LogP contribution is 2.61. The van der Waals surface area contributed by atoms with Gasteiger partial charge in [0.25, 0.3) is 0 Å². The molecule has 0 amide bonds. The first kappa shape index (κ1) is 17.4. The molecule has 0 spiro atoms. The van der Waals surface area contributed by atoms with E-state index in [1.54, 1.807) is 0 Å². The maximum Gasteiger partial charge on any atom is -0.00954 e. The summed E-state index contributed by atoms with van der Waals surface area (Å²) in [6, 6.07) is 0. The highest BCUT2D eigenvalue weighted by molar-refractivity contribution is 5.29. The highest BCUT2D eigenvalue weighted by atomic mass is 14.6. The summed E-state index contributed by atoms with van der Waals surface area (Å²) >= 11 is 0. The summed E-state index contributed by atoms with van der Waals surface area (Å²) in [5, 5.41) is 0. The molecule has 136 valence electrons. The Kier molecular flexibility index (Phi) is 4.17. The van der Waals surface area contributed by atoms with Gasteiger partial charge in [0, 0.05) is 0 Å². The Morgan fingerprint density at radius 1 is 0.600 bits per heavy atom. The first-order chi connectivity index (χ1) is 11.8. The van der Waals surface area contributed by atoms with E-state index in [1.165, 1.54) is 19.3 Å². The minimum absolute atomic E-state index is 0.410. The summed E-state index contributed by atoms with van der Waals surface area (Å²) in [6.07, 6.45) is 23.5. The molecule has 0 aromatic rings. The van der Waals surface area contributed by atoms with Crippen molar-refractivity contribution in [3.8, 4) is 0 Å². The predicted molar refractivity (Wildman–Crippen MR) is 108 cm³/mol. The minimum atomic E-state index is 0.410. The predicted octanol–water partition coefficient (Wildman–Crippen LogP) is 6.82. The summed E-state index contributed by atoms with van der Waals surface area (Å²) in [5.74, 6) is 5.40. The van der Waals surface area contributed by atoms with Gasteiger partial charge in [-0.3, -0.25) is 0 Å². The topological polar surface area (TPSA) is 0 Å². The van der Waals surface area contributed by atoms with Crippen LogP contribution in [0.2, 0.25) is 0 Å². The van der Waals surface area contributed by atoms with E-state index in [4.69, 9.17) is 0 Å². The molecule has 0 nitrogen and oxygen atoms in total. The van der Waals surface area contributed by atoms with Crippen LogP contribution in [0.4, 0.5) is 0 Å². The van der Waals surface area contributed by atoms with Crippen molar-refractivity contribution in [3.63, 3.8) is 0 Å². The quantitative estimate of drug-likeness (QED) is 0.519. The smallest absolute Gasteiger partial charge is 0.00954 e. The maximum atomic E-state index is 2.60. The number of hydrogen-bond acceptors (Lipinski definition) is 0. The van der Waals surface area contributed by atoms with Crippen molar-refractivity contribution in [3.05, 3.63) is 48.6 Å². The molecule has 4 aliphatic rings. The van der Waals surface area contributed by atoms with Crippen LogP contribution in [0.5, 0.6) is 0 Å². The van der Waals surface area contributed by atoms with Crippen LogP contribution in [-0.4, -0.2) is 0 Å². The fourth-order valence-corrected chi connectivity index (χ4v) is 6.74. The second kappa shape index (κ2) is 6.00. The van der Waals surface area contributed by atoms with E-state index >= 15 is 0 Å². The van der Waals surface area contributed by atoms with Gasteiger partial charge in [-0.2, -0.15) is 0 Å². The lowest BCUT2D eigenvalue weighted by Crippen LogP contribution is -2.38. The molecule has 0 aromatic carbocycles. The average molecular weight is 337 g/mol. The Balaban J connectivity index is 1.63. The van der Waals surface area contributed by atoms with E-state index < -0.39 is 0 Å². The van der Waals surface area contributed by atoms with E-state index in [0.717, 1.165) is 29.6 Å². The largest absolute Gasteiger partial charge is 0.0805 e. The van der Waals surface area contributed by atoms with Crippen LogP contribution in [0.3, 0.4) is 0 Å². The Morgan fingerprint density at radius 3 is 1.48 bits per heavy atom. The minimum Gasteiger partial charge on any atom is -0.0805 e. The molecule has 0 bridgehead atoms. The van der Waals surface area contributed by atoms with E-state index in [9.17, 15) is 0 Å². The van der Waals surface area contributed by atoms with Gasteiger partial charge >= 0.3 is 0 Å². The first-order valence-electron chi connectivity index (χ1n) is 10.5. The lowest BCUT2D eigenvalue weighted by atomic mass is 9.61. The van der Waals surface area contributed by atoms with Gasteiger partial charge in [-0.25, -0.2) is 0 Å². The Bertz CT molecular complexity index is 587. The van der Waals surface area contributed by atoms with E-state index in [-0.39, 0.29) is 0 Å². The number of fused-ring (bicyclic) bond motifs is 3. The van der Waals surface area contributed by atoms with Crippen molar-refractivity contribution in [1.29, 1.82) is 0 Å². The van der Waals surface area contributed by atoms with Crippen LogP contribution in [-0.2, 0) is 0 Å². The molecule has 2 saturated carbocycles. The average Bonchev–Trinajstić information content (AvgIpc) is 3.18. The van der Waals surface area contributed by atoms with Crippen LogP contribution in [0.15, 0.2) is 48.6 Å². The Hall–Kier alpha value is -1.04. The lowest BCUT2D eigenvalue weighted by molar-refractivity contribution is 0.0681. The maximum absolute atomic E-state index is 2.60. The molecule has 0 radical (unpaired) electrons. The van der Waals surface area contributed by atoms with Crippen LogP contribution >= 0.6 is 0 Å². The zero-order valence-corrected chi connectivity index (χ0v) is 16.8. The van der Waals surface area contributed by atoms with Crippen molar-refractivity contribution in [2.24, 2.45) is 52.3 Å². The van der Waals surface area contributed by atoms with Crippen molar-refractivity contribution in [2.45, 2.75) is 53.9 Å². The molecule has 0 aliphatic heterocycles. The van der Waals surface area contributed by atoms with E-state index in [0.29, 0.717) is 22.7 Å². The number of allylic oxidation sites excluding steroid dienone is 8. The first-order valence-corrected chi connectivity index (χ1v) is 10.5. The Labute approximate surface area is 155 Å². The number of rotatable bonds is 2. The molecule has 0 saturated heterocycles. The fraction of sp³-hybridized carbons (Fsp3) is 0.680. The van der Waals surface area contributed by atoms with Crippen LogP contribution < -0.4 is 0 Å². The van der Waals surface area contributed by atoms with Crippen LogP contribution in [0.1, 0.15) is 53.9 Å². The van der Waals surface area contributed by atoms with Gasteiger partial charge in [-0.1, -0.05) is 83.2 Å². The standard InChI is InChI=1S/C25H36/c1-24(2,3)17-14-15-18(16-17)25(4,5)23-21-12-8-6-10-19(21)20-11-7-9-13-22(20)23/h6-13,17-23H,14-16H2,1-5H3. The second-order valence-electron chi connectivity index (χ2n) is 10.8. The van der Waals surface area contributed by atoms with Gasteiger partial charge in [0.1, 0.15) is 0 Å². The fourth-order valence-electron chi connectivity index (χ4n) is 6.74. The van der Waals surface area contributed by atoms with Gasteiger partial charge in [-0.15, -0.1) is 0 Å². The molecule has 4 aliphatic carbocycles. The number of hydrogen-bond donors (Lipinski definition) is 0. The zero-order chi connectivity index (χ0) is 17.8. The van der Waals surface area contributed by atoms with E-state index in [2.05, 4.69) is 83.2 Å². The highest BCUT2D eigenvalue weighted by Gasteiger charge is 2.55. The summed E-state index contributed by atoms with van der Waals surface area (Å²) in [5.41, 5.74) is 0.875. The molecule has 25 heavy (non-hydrogen) atoms. The molecule has 0 N–H and O–H groups in total. The molecule has 2 fully saturated rings.